The number of halogens is 3. The zero-order chi connectivity index (χ0) is 17.3. The summed E-state index contributed by atoms with van der Waals surface area (Å²) in [6, 6.07) is 0. The predicted octanol–water partition coefficient (Wildman–Crippen LogP) is 0.997. The minimum Gasteiger partial charge on any atom is -0.475 e. The zero-order valence-corrected chi connectivity index (χ0v) is 12.3. The van der Waals surface area contributed by atoms with Crippen LogP contribution in [-0.4, -0.2) is 60.0 Å². The molecule has 130 valence electrons. The van der Waals surface area contributed by atoms with E-state index in [-0.39, 0.29) is 5.92 Å². The number of carboxylic acids is 1. The molecule has 11 heteroatoms. The molecule has 1 aliphatic rings. The van der Waals surface area contributed by atoms with Gasteiger partial charge >= 0.3 is 12.1 Å². The summed E-state index contributed by atoms with van der Waals surface area (Å²) in [7, 11) is 0. The molecule has 0 fully saturated rings. The van der Waals surface area contributed by atoms with Crippen LogP contribution in [0.3, 0.4) is 0 Å². The van der Waals surface area contributed by atoms with Crippen LogP contribution in [0, 0.1) is 0 Å². The summed E-state index contributed by atoms with van der Waals surface area (Å²) >= 11 is 0. The van der Waals surface area contributed by atoms with Crippen molar-refractivity contribution in [1.29, 1.82) is 0 Å². The van der Waals surface area contributed by atoms with Gasteiger partial charge in [-0.15, -0.1) is 0 Å². The van der Waals surface area contributed by atoms with Crippen LogP contribution in [0.2, 0.25) is 0 Å². The third-order valence-electron chi connectivity index (χ3n) is 2.62. The van der Waals surface area contributed by atoms with E-state index in [2.05, 4.69) is 20.4 Å². The Balaban J connectivity index is 0.000000322. The number of aliphatic imine (C=N–C) groups is 1. The fourth-order valence-corrected chi connectivity index (χ4v) is 1.51. The van der Waals surface area contributed by atoms with E-state index in [1.807, 2.05) is 6.92 Å². The quantitative estimate of drug-likeness (QED) is 0.771. The molecule has 0 spiro atoms. The van der Waals surface area contributed by atoms with Crippen molar-refractivity contribution in [3.05, 3.63) is 11.7 Å². The summed E-state index contributed by atoms with van der Waals surface area (Å²) in [5.74, 6) is -1.19. The van der Waals surface area contributed by atoms with Gasteiger partial charge in [0, 0.05) is 19.6 Å². The van der Waals surface area contributed by atoms with E-state index in [0.29, 0.717) is 37.9 Å². The second-order valence-electron chi connectivity index (χ2n) is 4.40. The van der Waals surface area contributed by atoms with E-state index in [4.69, 9.17) is 19.2 Å². The average molecular weight is 338 g/mol. The summed E-state index contributed by atoms with van der Waals surface area (Å²) in [6.07, 6.45) is -2.68. The number of hydrogen-bond donors (Lipinski definition) is 2. The SMILES string of the molecule is CCOCCc1noc(C2CN=CNC2)n1.O=C(O)C(F)(F)F. The molecule has 1 aliphatic heterocycles. The Labute approximate surface area is 129 Å². The monoisotopic (exact) mass is 338 g/mol. The predicted molar refractivity (Wildman–Crippen MR) is 72.3 cm³/mol. The minimum absolute atomic E-state index is 0.193. The molecule has 0 aromatic carbocycles. The lowest BCUT2D eigenvalue weighted by molar-refractivity contribution is -0.192. The highest BCUT2D eigenvalue weighted by Crippen LogP contribution is 2.15. The molecule has 8 nitrogen and oxygen atoms in total. The van der Waals surface area contributed by atoms with Crippen LogP contribution < -0.4 is 5.32 Å². The second-order valence-corrected chi connectivity index (χ2v) is 4.40. The molecule has 0 saturated heterocycles. The molecule has 1 atom stereocenters. The maximum Gasteiger partial charge on any atom is 0.490 e. The van der Waals surface area contributed by atoms with Gasteiger partial charge in [0.15, 0.2) is 5.82 Å². The van der Waals surface area contributed by atoms with E-state index in [1.165, 1.54) is 0 Å². The maximum absolute atomic E-state index is 10.6. The lowest BCUT2D eigenvalue weighted by atomic mass is 10.1. The van der Waals surface area contributed by atoms with Crippen molar-refractivity contribution in [3.63, 3.8) is 0 Å². The summed E-state index contributed by atoms with van der Waals surface area (Å²) in [5.41, 5.74) is 0. The Hall–Kier alpha value is -2.17. The molecule has 1 aromatic heterocycles. The number of carbonyl (C=O) groups is 1. The van der Waals surface area contributed by atoms with Gasteiger partial charge in [0.25, 0.3) is 0 Å². The van der Waals surface area contributed by atoms with E-state index in [1.54, 1.807) is 6.34 Å². The molecule has 2 rings (SSSR count). The number of nitrogens with zero attached hydrogens (tertiary/aromatic N) is 3. The maximum atomic E-state index is 10.6. The zero-order valence-electron chi connectivity index (χ0n) is 12.3. The van der Waals surface area contributed by atoms with Gasteiger partial charge in [-0.3, -0.25) is 4.99 Å². The van der Waals surface area contributed by atoms with E-state index >= 15 is 0 Å². The molecule has 2 N–H and O–H groups in total. The first-order chi connectivity index (χ1) is 10.8. The molecule has 0 aliphatic carbocycles. The molecule has 0 saturated carbocycles. The van der Waals surface area contributed by atoms with Crippen LogP contribution in [0.25, 0.3) is 0 Å². The van der Waals surface area contributed by atoms with Gasteiger partial charge in [-0.1, -0.05) is 5.16 Å². The molecule has 0 amide bonds. The molecule has 1 aromatic rings. The molecule has 23 heavy (non-hydrogen) atoms. The van der Waals surface area contributed by atoms with Crippen LogP contribution in [0.4, 0.5) is 13.2 Å². The van der Waals surface area contributed by atoms with Crippen molar-refractivity contribution in [1.82, 2.24) is 15.5 Å². The average Bonchev–Trinajstić information content (AvgIpc) is 2.97. The lowest BCUT2D eigenvalue weighted by Gasteiger charge is -2.13. The Morgan fingerprint density at radius 2 is 2.26 bits per heavy atom. The van der Waals surface area contributed by atoms with Crippen LogP contribution in [0.15, 0.2) is 9.52 Å². The third kappa shape index (κ3) is 7.08. The topological polar surface area (TPSA) is 110 Å². The van der Waals surface area contributed by atoms with Crippen LogP contribution in [-0.2, 0) is 16.0 Å². The number of carboxylic acid groups (broad SMARTS) is 1. The van der Waals surface area contributed by atoms with Gasteiger partial charge in [-0.2, -0.15) is 18.2 Å². The normalized spacial score (nSPS) is 17.1. The van der Waals surface area contributed by atoms with E-state index in [9.17, 15) is 13.2 Å². The van der Waals surface area contributed by atoms with Crippen molar-refractivity contribution in [2.45, 2.75) is 25.4 Å². The number of ether oxygens (including phenoxy) is 1. The van der Waals surface area contributed by atoms with E-state index < -0.39 is 12.1 Å². The molecule has 0 bridgehead atoms. The first-order valence-electron chi connectivity index (χ1n) is 6.76. The van der Waals surface area contributed by atoms with Gasteiger partial charge in [0.1, 0.15) is 0 Å². The standard InChI is InChI=1S/C10H16N4O2.C2HF3O2/c1-2-15-4-3-9-13-10(16-14-9)8-5-11-7-12-6-8;3-2(4,5)1(6)7/h7-8H,2-6H2,1H3,(H,11,12);(H,6,7). The molecule has 2 heterocycles. The molecular weight excluding hydrogens is 321 g/mol. The van der Waals surface area contributed by atoms with Crippen LogP contribution >= 0.6 is 0 Å². The fraction of sp³-hybridized carbons (Fsp3) is 0.667. The number of aromatic nitrogens is 2. The Morgan fingerprint density at radius 1 is 1.57 bits per heavy atom. The van der Waals surface area contributed by atoms with Crippen LogP contribution in [0.5, 0.6) is 0 Å². The summed E-state index contributed by atoms with van der Waals surface area (Å²) in [4.78, 5) is 17.4. The molecular formula is C12H17F3N4O4. The van der Waals surface area contributed by atoms with Crippen molar-refractivity contribution in [2.24, 2.45) is 4.99 Å². The van der Waals surface area contributed by atoms with Crippen LogP contribution in [0.1, 0.15) is 24.6 Å². The summed E-state index contributed by atoms with van der Waals surface area (Å²) in [5, 5.41) is 14.1. The molecule has 1 unspecified atom stereocenters. The number of nitrogens with one attached hydrogen (secondary N) is 1. The second kappa shape index (κ2) is 9.08. The fourth-order valence-electron chi connectivity index (χ4n) is 1.51. The van der Waals surface area contributed by atoms with Crippen molar-refractivity contribution < 1.29 is 32.3 Å². The van der Waals surface area contributed by atoms with Gasteiger partial charge in [-0.25, -0.2) is 4.79 Å². The number of aliphatic carboxylic acids is 1. The number of alkyl halides is 3. The Bertz CT molecular complexity index is 519. The van der Waals surface area contributed by atoms with Crippen molar-refractivity contribution in [3.8, 4) is 0 Å². The molecule has 0 radical (unpaired) electrons. The van der Waals surface area contributed by atoms with Crippen molar-refractivity contribution in [2.75, 3.05) is 26.3 Å². The van der Waals surface area contributed by atoms with E-state index in [0.717, 1.165) is 6.54 Å². The van der Waals surface area contributed by atoms with Gasteiger partial charge in [0.2, 0.25) is 5.89 Å². The largest absolute Gasteiger partial charge is 0.490 e. The van der Waals surface area contributed by atoms with Gasteiger partial charge in [-0.05, 0) is 6.92 Å². The van der Waals surface area contributed by atoms with Crippen molar-refractivity contribution >= 4 is 12.3 Å². The highest BCUT2D eigenvalue weighted by Gasteiger charge is 2.38. The Morgan fingerprint density at radius 3 is 2.78 bits per heavy atom. The smallest absolute Gasteiger partial charge is 0.475 e. The number of hydrogen-bond acceptors (Lipinski definition) is 7. The lowest BCUT2D eigenvalue weighted by Crippen LogP contribution is -2.27. The highest BCUT2D eigenvalue weighted by molar-refractivity contribution is 5.73. The summed E-state index contributed by atoms with van der Waals surface area (Å²) < 4.78 is 42.2. The minimum atomic E-state index is -5.08. The first-order valence-corrected chi connectivity index (χ1v) is 6.76. The van der Waals surface area contributed by atoms with Gasteiger partial charge < -0.3 is 19.7 Å². The Kier molecular flexibility index (Phi) is 7.45. The number of rotatable bonds is 5. The third-order valence-corrected chi connectivity index (χ3v) is 2.62. The first kappa shape index (κ1) is 18.9. The highest BCUT2D eigenvalue weighted by atomic mass is 19.4. The summed E-state index contributed by atoms with van der Waals surface area (Å²) in [6.45, 7) is 4.83. The van der Waals surface area contributed by atoms with Gasteiger partial charge in [0.05, 0.1) is 25.4 Å².